The zero-order valence-electron chi connectivity index (χ0n) is 8.76. The first-order chi connectivity index (χ1) is 8.15. The first-order valence-electron chi connectivity index (χ1n) is 4.84. The quantitative estimate of drug-likeness (QED) is 0.889. The molecule has 86 valence electrons. The van der Waals surface area contributed by atoms with Crippen LogP contribution in [0.1, 0.15) is 0 Å². The molecule has 2 N–H and O–H groups in total. The third-order valence-corrected chi connectivity index (χ3v) is 2.33. The number of nitrogens with zero attached hydrogens (tertiary/aromatic N) is 1. The summed E-state index contributed by atoms with van der Waals surface area (Å²) in [5.41, 5.74) is 6.53. The Balaban J connectivity index is 2.26. The molecule has 17 heavy (non-hydrogen) atoms. The highest BCUT2D eigenvalue weighted by Crippen LogP contribution is 2.22. The number of ether oxygens (including phenoxy) is 1. The van der Waals surface area contributed by atoms with Gasteiger partial charge in [0, 0.05) is 16.8 Å². The Hall–Kier alpha value is -2.07. The Morgan fingerprint density at radius 1 is 1.24 bits per heavy atom. The molecule has 0 radical (unpaired) electrons. The summed E-state index contributed by atoms with van der Waals surface area (Å²) in [6, 6.07) is 10.3. The third-order valence-electron chi connectivity index (χ3n) is 2.09. The minimum absolute atomic E-state index is 0.392. The van der Waals surface area contributed by atoms with Crippen molar-refractivity contribution in [3.05, 3.63) is 47.6 Å². The average molecular weight is 249 g/mol. The van der Waals surface area contributed by atoms with Gasteiger partial charge in [-0.2, -0.15) is 0 Å². The number of hydrogen-bond acceptors (Lipinski definition) is 3. The summed E-state index contributed by atoms with van der Waals surface area (Å²) in [5.74, 6) is 0.392. The van der Waals surface area contributed by atoms with Crippen molar-refractivity contribution in [2.24, 2.45) is 5.73 Å². The zero-order valence-corrected chi connectivity index (χ0v) is 9.52. The molecule has 0 aliphatic rings. The van der Waals surface area contributed by atoms with E-state index < -0.39 is 6.09 Å². The monoisotopic (exact) mass is 248 g/mol. The fourth-order valence-corrected chi connectivity index (χ4v) is 1.53. The Kier molecular flexibility index (Phi) is 3.25. The molecule has 1 aromatic carbocycles. The summed E-state index contributed by atoms with van der Waals surface area (Å²) in [5, 5.41) is 0.618. The number of primary amides is 1. The Morgan fingerprint density at radius 2 is 1.94 bits per heavy atom. The molecule has 0 atom stereocenters. The maximum absolute atomic E-state index is 10.5. The lowest BCUT2D eigenvalue weighted by Crippen LogP contribution is -2.16. The Morgan fingerprint density at radius 3 is 2.53 bits per heavy atom. The van der Waals surface area contributed by atoms with Crippen molar-refractivity contribution in [3.8, 4) is 17.0 Å². The molecule has 4 nitrogen and oxygen atoms in total. The topological polar surface area (TPSA) is 65.2 Å². The van der Waals surface area contributed by atoms with Gasteiger partial charge in [0.1, 0.15) is 5.75 Å². The van der Waals surface area contributed by atoms with E-state index in [4.69, 9.17) is 22.1 Å². The van der Waals surface area contributed by atoms with Gasteiger partial charge in [-0.15, -0.1) is 0 Å². The fourth-order valence-electron chi connectivity index (χ4n) is 1.37. The number of amides is 1. The minimum Gasteiger partial charge on any atom is -0.411 e. The number of nitrogens with two attached hydrogens (primary N) is 1. The normalized spacial score (nSPS) is 9.94. The lowest BCUT2D eigenvalue weighted by atomic mass is 10.1. The highest BCUT2D eigenvalue weighted by molar-refractivity contribution is 6.30. The summed E-state index contributed by atoms with van der Waals surface area (Å²) in [6.45, 7) is 0. The lowest BCUT2D eigenvalue weighted by molar-refractivity contribution is 0.211. The van der Waals surface area contributed by atoms with Crippen molar-refractivity contribution in [1.82, 2.24) is 4.98 Å². The number of pyridine rings is 1. The van der Waals surface area contributed by atoms with Crippen molar-refractivity contribution in [2.75, 3.05) is 0 Å². The summed E-state index contributed by atoms with van der Waals surface area (Å²) in [7, 11) is 0. The van der Waals surface area contributed by atoms with Crippen molar-refractivity contribution in [3.63, 3.8) is 0 Å². The predicted molar refractivity (Wildman–Crippen MR) is 64.9 cm³/mol. The van der Waals surface area contributed by atoms with Gasteiger partial charge in [-0.25, -0.2) is 4.79 Å². The number of carbonyl (C=O) groups is 1. The second-order valence-corrected chi connectivity index (χ2v) is 3.74. The van der Waals surface area contributed by atoms with Gasteiger partial charge in [-0.1, -0.05) is 11.6 Å². The fraction of sp³-hybridized carbons (Fsp3) is 0. The minimum atomic E-state index is -0.835. The molecule has 0 spiro atoms. The molecule has 2 rings (SSSR count). The zero-order chi connectivity index (χ0) is 12.3. The van der Waals surface area contributed by atoms with E-state index in [2.05, 4.69) is 4.98 Å². The number of rotatable bonds is 2. The highest BCUT2D eigenvalue weighted by Gasteiger charge is 2.02. The van der Waals surface area contributed by atoms with Gasteiger partial charge in [-0.05, 0) is 36.4 Å². The molecule has 2 aromatic rings. The summed E-state index contributed by atoms with van der Waals surface area (Å²) in [6.07, 6.45) is 0.796. The van der Waals surface area contributed by atoms with Crippen molar-refractivity contribution in [1.29, 1.82) is 0 Å². The van der Waals surface area contributed by atoms with Gasteiger partial charge in [-0.3, -0.25) is 4.98 Å². The van der Waals surface area contributed by atoms with Crippen LogP contribution in [0.2, 0.25) is 5.02 Å². The third kappa shape index (κ3) is 2.95. The molecular weight excluding hydrogens is 240 g/mol. The number of aromatic nitrogens is 1. The van der Waals surface area contributed by atoms with E-state index in [1.807, 2.05) is 0 Å². The van der Waals surface area contributed by atoms with E-state index in [0.717, 1.165) is 11.3 Å². The standard InChI is InChI=1S/C12H9ClN2O2/c13-9-5-6-15-11(7-9)8-1-3-10(4-2-8)17-12(14)16/h1-7H,(H2,14,16). The van der Waals surface area contributed by atoms with Crippen LogP contribution in [-0.2, 0) is 0 Å². The van der Waals surface area contributed by atoms with E-state index in [-0.39, 0.29) is 0 Å². The number of hydrogen-bond donors (Lipinski definition) is 1. The summed E-state index contributed by atoms with van der Waals surface area (Å²) < 4.78 is 4.72. The molecule has 0 aliphatic heterocycles. The molecule has 0 unspecified atom stereocenters. The first kappa shape index (κ1) is 11.4. The lowest BCUT2D eigenvalue weighted by Gasteiger charge is -2.03. The van der Waals surface area contributed by atoms with Gasteiger partial charge < -0.3 is 10.5 Å². The van der Waals surface area contributed by atoms with Crippen molar-refractivity contribution in [2.45, 2.75) is 0 Å². The molecule has 5 heteroatoms. The predicted octanol–water partition coefficient (Wildman–Crippen LogP) is 2.86. The number of benzene rings is 1. The molecule has 0 aliphatic carbocycles. The molecule has 1 aromatic heterocycles. The average Bonchev–Trinajstić information content (AvgIpc) is 2.29. The first-order valence-corrected chi connectivity index (χ1v) is 5.22. The molecule has 0 fully saturated rings. The maximum Gasteiger partial charge on any atom is 0.409 e. The number of halogens is 1. The van der Waals surface area contributed by atoms with E-state index in [1.54, 1.807) is 42.6 Å². The largest absolute Gasteiger partial charge is 0.411 e. The molecular formula is C12H9ClN2O2. The molecule has 0 saturated heterocycles. The van der Waals surface area contributed by atoms with E-state index >= 15 is 0 Å². The van der Waals surface area contributed by atoms with Crippen LogP contribution in [-0.4, -0.2) is 11.1 Å². The van der Waals surface area contributed by atoms with Crippen LogP contribution in [0.5, 0.6) is 5.75 Å². The van der Waals surface area contributed by atoms with Crippen LogP contribution in [0, 0.1) is 0 Å². The Labute approximate surface area is 103 Å². The van der Waals surface area contributed by atoms with Gasteiger partial charge >= 0.3 is 6.09 Å². The summed E-state index contributed by atoms with van der Waals surface area (Å²) >= 11 is 5.87. The van der Waals surface area contributed by atoms with Gasteiger partial charge in [0.25, 0.3) is 0 Å². The van der Waals surface area contributed by atoms with E-state index in [9.17, 15) is 4.79 Å². The van der Waals surface area contributed by atoms with Crippen molar-refractivity contribution < 1.29 is 9.53 Å². The van der Waals surface area contributed by atoms with Crippen LogP contribution in [0.3, 0.4) is 0 Å². The van der Waals surface area contributed by atoms with Crippen LogP contribution in [0.25, 0.3) is 11.3 Å². The maximum atomic E-state index is 10.5. The Bertz CT molecular complexity index is 540. The van der Waals surface area contributed by atoms with Gasteiger partial charge in [0.15, 0.2) is 0 Å². The molecule has 1 heterocycles. The van der Waals surface area contributed by atoms with Crippen molar-refractivity contribution >= 4 is 17.7 Å². The van der Waals surface area contributed by atoms with Crippen LogP contribution >= 0.6 is 11.6 Å². The SMILES string of the molecule is NC(=O)Oc1ccc(-c2cc(Cl)ccn2)cc1. The second kappa shape index (κ2) is 4.84. The van der Waals surface area contributed by atoms with Crippen LogP contribution in [0.15, 0.2) is 42.6 Å². The molecule has 0 bridgehead atoms. The highest BCUT2D eigenvalue weighted by atomic mass is 35.5. The molecule has 0 saturated carbocycles. The molecule has 1 amide bonds. The van der Waals surface area contributed by atoms with Gasteiger partial charge in [0.2, 0.25) is 0 Å². The van der Waals surface area contributed by atoms with E-state index in [0.29, 0.717) is 10.8 Å². The second-order valence-electron chi connectivity index (χ2n) is 3.30. The van der Waals surface area contributed by atoms with Gasteiger partial charge in [0.05, 0.1) is 5.69 Å². The smallest absolute Gasteiger partial charge is 0.409 e. The van der Waals surface area contributed by atoms with Crippen LogP contribution < -0.4 is 10.5 Å². The summed E-state index contributed by atoms with van der Waals surface area (Å²) in [4.78, 5) is 14.7. The van der Waals surface area contributed by atoms with Crippen LogP contribution in [0.4, 0.5) is 4.79 Å². The van der Waals surface area contributed by atoms with E-state index in [1.165, 1.54) is 0 Å². The number of carbonyl (C=O) groups excluding carboxylic acids is 1.